The van der Waals surface area contributed by atoms with Crippen molar-refractivity contribution in [2.24, 2.45) is 0 Å². The monoisotopic (exact) mass is 433 g/mol. The van der Waals surface area contributed by atoms with Crippen LogP contribution in [0.25, 0.3) is 5.57 Å². The molecule has 1 aliphatic carbocycles. The highest BCUT2D eigenvalue weighted by atomic mass is 16.1. The number of piperazine rings is 1. The van der Waals surface area contributed by atoms with Crippen LogP contribution in [0.3, 0.4) is 0 Å². The number of ketones is 1. The summed E-state index contributed by atoms with van der Waals surface area (Å²) in [5, 5.41) is 6.64. The minimum atomic E-state index is 0.132. The van der Waals surface area contributed by atoms with Gasteiger partial charge in [0.1, 0.15) is 11.6 Å². The van der Waals surface area contributed by atoms with Crippen LogP contribution >= 0.6 is 0 Å². The molecule has 2 fully saturated rings. The van der Waals surface area contributed by atoms with Crippen LogP contribution in [-0.2, 0) is 4.79 Å². The summed E-state index contributed by atoms with van der Waals surface area (Å²) in [6.07, 6.45) is 8.50. The molecule has 3 aliphatic rings. The van der Waals surface area contributed by atoms with Gasteiger partial charge in [0, 0.05) is 56.1 Å². The van der Waals surface area contributed by atoms with E-state index in [4.69, 9.17) is 4.98 Å². The normalized spacial score (nSPS) is 19.3. The first-order chi connectivity index (χ1) is 15.6. The van der Waals surface area contributed by atoms with Crippen LogP contribution in [0.5, 0.6) is 0 Å². The first-order valence-electron chi connectivity index (χ1n) is 11.6. The number of anilines is 4. The standard InChI is InChI=1S/C24H31N7O/c1-16-20-14-27-24(28-22-8-7-19(13-26-22)30-11-9-25-10-12-30)29-23(20)31(15-21(16)17(2)32)18-5-3-4-6-18/h7-8,13-14,18,25H,3-6,9-12,15H2,1-2H3,(H,26,27,28,29). The molecule has 8 nitrogen and oxygen atoms in total. The summed E-state index contributed by atoms with van der Waals surface area (Å²) in [6.45, 7) is 8.28. The van der Waals surface area contributed by atoms with Crippen molar-refractivity contribution in [1.82, 2.24) is 20.3 Å². The van der Waals surface area contributed by atoms with Gasteiger partial charge in [-0.05, 0) is 44.4 Å². The van der Waals surface area contributed by atoms with Crippen LogP contribution in [0.15, 0.2) is 30.1 Å². The van der Waals surface area contributed by atoms with Crippen LogP contribution in [0.2, 0.25) is 0 Å². The third-order valence-corrected chi connectivity index (χ3v) is 6.89. The Kier molecular flexibility index (Phi) is 5.78. The molecule has 0 bridgehead atoms. The molecule has 5 rings (SSSR count). The van der Waals surface area contributed by atoms with E-state index in [1.54, 1.807) is 6.92 Å². The number of fused-ring (bicyclic) bond motifs is 1. The number of Topliss-reactive ketones (excluding diaryl/α,β-unsaturated/α-hetero) is 1. The van der Waals surface area contributed by atoms with Gasteiger partial charge < -0.3 is 20.4 Å². The molecule has 0 amide bonds. The summed E-state index contributed by atoms with van der Waals surface area (Å²) < 4.78 is 0. The zero-order chi connectivity index (χ0) is 22.1. The second-order valence-electron chi connectivity index (χ2n) is 8.92. The Labute approximate surface area is 189 Å². The lowest BCUT2D eigenvalue weighted by Gasteiger charge is -2.36. The van der Waals surface area contributed by atoms with Gasteiger partial charge in [0.25, 0.3) is 0 Å². The number of rotatable bonds is 5. The van der Waals surface area contributed by atoms with Crippen molar-refractivity contribution in [1.29, 1.82) is 0 Å². The molecule has 0 aromatic carbocycles. The number of carbonyl (C=O) groups excluding carboxylic acids is 1. The van der Waals surface area contributed by atoms with Crippen molar-refractivity contribution < 1.29 is 4.79 Å². The maximum absolute atomic E-state index is 12.3. The lowest BCUT2D eigenvalue weighted by molar-refractivity contribution is -0.113. The summed E-state index contributed by atoms with van der Waals surface area (Å²) >= 11 is 0. The van der Waals surface area contributed by atoms with Crippen molar-refractivity contribution in [3.63, 3.8) is 0 Å². The van der Waals surface area contributed by atoms with E-state index in [9.17, 15) is 4.79 Å². The van der Waals surface area contributed by atoms with Crippen molar-refractivity contribution >= 4 is 34.6 Å². The predicted molar refractivity (Wildman–Crippen MR) is 128 cm³/mol. The van der Waals surface area contributed by atoms with Gasteiger partial charge in [0.2, 0.25) is 5.95 Å². The van der Waals surface area contributed by atoms with Gasteiger partial charge in [-0.2, -0.15) is 4.98 Å². The van der Waals surface area contributed by atoms with Gasteiger partial charge in [-0.1, -0.05) is 12.8 Å². The SMILES string of the molecule is CC(=O)C1=C(C)c2cnc(Nc3ccc(N4CCNCC4)cn3)nc2N(C2CCCC2)C1. The summed E-state index contributed by atoms with van der Waals surface area (Å²) in [5.74, 6) is 2.32. The fraction of sp³-hybridized carbons (Fsp3) is 0.500. The van der Waals surface area contributed by atoms with Crippen molar-refractivity contribution in [3.05, 3.63) is 35.7 Å². The molecular weight excluding hydrogens is 402 g/mol. The number of hydrogen-bond donors (Lipinski definition) is 2. The molecule has 1 saturated heterocycles. The van der Waals surface area contributed by atoms with E-state index in [0.29, 0.717) is 18.5 Å². The summed E-state index contributed by atoms with van der Waals surface area (Å²) in [6, 6.07) is 4.50. The summed E-state index contributed by atoms with van der Waals surface area (Å²) in [4.78, 5) is 31.0. The fourth-order valence-electron chi connectivity index (χ4n) is 5.02. The Hall–Kier alpha value is -3.00. The van der Waals surface area contributed by atoms with Gasteiger partial charge in [-0.15, -0.1) is 0 Å². The largest absolute Gasteiger partial charge is 0.368 e. The van der Waals surface area contributed by atoms with E-state index < -0.39 is 0 Å². The smallest absolute Gasteiger partial charge is 0.230 e. The summed E-state index contributed by atoms with van der Waals surface area (Å²) in [7, 11) is 0. The second kappa shape index (κ2) is 8.86. The molecule has 2 aromatic rings. The highest BCUT2D eigenvalue weighted by Gasteiger charge is 2.32. The third-order valence-electron chi connectivity index (χ3n) is 6.89. The second-order valence-corrected chi connectivity index (χ2v) is 8.92. The molecule has 32 heavy (non-hydrogen) atoms. The Morgan fingerprint density at radius 2 is 1.91 bits per heavy atom. The fourth-order valence-corrected chi connectivity index (χ4v) is 5.02. The maximum Gasteiger partial charge on any atom is 0.230 e. The molecule has 0 radical (unpaired) electrons. The average Bonchev–Trinajstić information content (AvgIpc) is 3.35. The quantitative estimate of drug-likeness (QED) is 0.744. The van der Waals surface area contributed by atoms with E-state index in [1.807, 2.05) is 25.4 Å². The van der Waals surface area contributed by atoms with Crippen LogP contribution in [0, 0.1) is 0 Å². The van der Waals surface area contributed by atoms with E-state index in [1.165, 1.54) is 12.8 Å². The van der Waals surface area contributed by atoms with Crippen molar-refractivity contribution in [2.45, 2.75) is 45.6 Å². The molecule has 168 valence electrons. The maximum atomic E-state index is 12.3. The van der Waals surface area contributed by atoms with Gasteiger partial charge >= 0.3 is 0 Å². The van der Waals surface area contributed by atoms with Gasteiger partial charge in [0.05, 0.1) is 11.9 Å². The number of nitrogens with zero attached hydrogens (tertiary/aromatic N) is 5. The lowest BCUT2D eigenvalue weighted by atomic mass is 9.94. The highest BCUT2D eigenvalue weighted by molar-refractivity contribution is 6.04. The Balaban J connectivity index is 1.40. The molecule has 1 saturated carbocycles. The van der Waals surface area contributed by atoms with E-state index in [0.717, 1.165) is 73.1 Å². The van der Waals surface area contributed by atoms with Crippen LogP contribution in [0.4, 0.5) is 23.3 Å². The summed E-state index contributed by atoms with van der Waals surface area (Å²) in [5.41, 5.74) is 3.96. The minimum absolute atomic E-state index is 0.132. The first-order valence-corrected chi connectivity index (χ1v) is 11.6. The third kappa shape index (κ3) is 4.07. The number of nitrogens with one attached hydrogen (secondary N) is 2. The molecule has 2 aliphatic heterocycles. The molecular formula is C24H31N7O. The average molecular weight is 434 g/mol. The molecule has 4 heterocycles. The number of carbonyl (C=O) groups is 1. The van der Waals surface area contributed by atoms with Gasteiger partial charge in [-0.3, -0.25) is 4.79 Å². The lowest BCUT2D eigenvalue weighted by Crippen LogP contribution is -2.43. The number of allylic oxidation sites excluding steroid dienone is 1. The van der Waals surface area contributed by atoms with Crippen molar-refractivity contribution in [3.8, 4) is 0 Å². The molecule has 8 heteroatoms. The number of pyridine rings is 1. The predicted octanol–water partition coefficient (Wildman–Crippen LogP) is 3.15. The van der Waals surface area contributed by atoms with E-state index in [2.05, 4.69) is 36.5 Å². The Morgan fingerprint density at radius 1 is 1.12 bits per heavy atom. The Bertz CT molecular complexity index is 1020. The van der Waals surface area contributed by atoms with E-state index >= 15 is 0 Å². The first kappa shape index (κ1) is 20.9. The minimum Gasteiger partial charge on any atom is -0.368 e. The zero-order valence-corrected chi connectivity index (χ0v) is 18.9. The molecule has 0 spiro atoms. The van der Waals surface area contributed by atoms with Crippen LogP contribution < -0.4 is 20.4 Å². The topological polar surface area (TPSA) is 86.3 Å². The number of aromatic nitrogens is 3. The molecule has 0 unspecified atom stereocenters. The van der Waals surface area contributed by atoms with Crippen LogP contribution in [0.1, 0.15) is 45.1 Å². The van der Waals surface area contributed by atoms with Gasteiger partial charge in [0.15, 0.2) is 5.78 Å². The van der Waals surface area contributed by atoms with Crippen molar-refractivity contribution in [2.75, 3.05) is 47.8 Å². The molecule has 2 N–H and O–H groups in total. The van der Waals surface area contributed by atoms with Crippen LogP contribution in [-0.4, -0.2) is 59.5 Å². The highest BCUT2D eigenvalue weighted by Crippen LogP contribution is 2.38. The number of hydrogen-bond acceptors (Lipinski definition) is 8. The van der Waals surface area contributed by atoms with E-state index in [-0.39, 0.29) is 5.78 Å². The Morgan fingerprint density at radius 3 is 2.59 bits per heavy atom. The van der Waals surface area contributed by atoms with Gasteiger partial charge in [-0.25, -0.2) is 9.97 Å². The molecule has 2 aromatic heterocycles. The molecule has 0 atom stereocenters. The zero-order valence-electron chi connectivity index (χ0n) is 18.9.